The molecule has 0 atom stereocenters. The Balaban J connectivity index is 3.33. The molecule has 1 rings (SSSR count). The largest absolute Gasteiger partial charge is 0.411 e. The molecule has 0 aliphatic rings. The Morgan fingerprint density at radius 3 is 2.31 bits per heavy atom. The monoisotopic (exact) mass is 182 g/mol. The van der Waals surface area contributed by atoms with Crippen molar-refractivity contribution >= 4 is 6.21 Å². The molecule has 0 fully saturated rings. The molecule has 1 aromatic rings. The van der Waals surface area contributed by atoms with Crippen LogP contribution in [0.25, 0.3) is 0 Å². The standard InChI is InChI=1S/C8H4F2N2O/c9-7-1-5(3-11)2-8(10)6(7)4-12-13/h1-2,4,13H. The molecular weight excluding hydrogens is 178 g/mol. The maximum absolute atomic E-state index is 12.9. The van der Waals surface area contributed by atoms with Gasteiger partial charge in [0.25, 0.3) is 0 Å². The van der Waals surface area contributed by atoms with Gasteiger partial charge in [0.05, 0.1) is 23.4 Å². The van der Waals surface area contributed by atoms with Gasteiger partial charge in [-0.2, -0.15) is 5.26 Å². The van der Waals surface area contributed by atoms with E-state index in [1.807, 2.05) is 0 Å². The van der Waals surface area contributed by atoms with Gasteiger partial charge in [-0.3, -0.25) is 0 Å². The van der Waals surface area contributed by atoms with E-state index in [1.165, 1.54) is 0 Å². The molecule has 0 spiro atoms. The number of hydrogen-bond donors (Lipinski definition) is 1. The molecule has 5 heteroatoms. The quantitative estimate of drug-likeness (QED) is 0.407. The highest BCUT2D eigenvalue weighted by molar-refractivity contribution is 5.80. The Morgan fingerprint density at radius 2 is 1.92 bits per heavy atom. The van der Waals surface area contributed by atoms with Crippen LogP contribution in [0.1, 0.15) is 11.1 Å². The summed E-state index contributed by atoms with van der Waals surface area (Å²) < 4.78 is 25.8. The van der Waals surface area contributed by atoms with Crippen LogP contribution in [0.5, 0.6) is 0 Å². The third-order valence-corrected chi connectivity index (χ3v) is 1.39. The lowest BCUT2D eigenvalue weighted by molar-refractivity contribution is 0.321. The summed E-state index contributed by atoms with van der Waals surface area (Å²) in [5, 5.41) is 18.9. The van der Waals surface area contributed by atoms with Crippen molar-refractivity contribution in [1.82, 2.24) is 0 Å². The highest BCUT2D eigenvalue weighted by atomic mass is 19.1. The molecule has 0 amide bonds. The lowest BCUT2D eigenvalue weighted by atomic mass is 10.1. The molecule has 0 aliphatic carbocycles. The summed E-state index contributed by atoms with van der Waals surface area (Å²) in [6.45, 7) is 0. The molecule has 3 nitrogen and oxygen atoms in total. The van der Waals surface area contributed by atoms with Gasteiger partial charge in [0.15, 0.2) is 0 Å². The van der Waals surface area contributed by atoms with E-state index in [-0.39, 0.29) is 5.56 Å². The predicted octanol–water partition coefficient (Wildman–Crippen LogP) is 1.64. The average molecular weight is 182 g/mol. The van der Waals surface area contributed by atoms with E-state index in [0.29, 0.717) is 6.21 Å². The molecular formula is C8H4F2N2O. The first-order valence-electron chi connectivity index (χ1n) is 3.25. The zero-order valence-corrected chi connectivity index (χ0v) is 6.33. The normalized spacial score (nSPS) is 10.2. The van der Waals surface area contributed by atoms with E-state index in [9.17, 15) is 8.78 Å². The zero-order valence-electron chi connectivity index (χ0n) is 6.33. The first kappa shape index (κ1) is 9.13. The Bertz CT molecular complexity index is 373. The molecule has 0 aliphatic heterocycles. The van der Waals surface area contributed by atoms with Crippen LogP contribution < -0.4 is 0 Å². The Morgan fingerprint density at radius 1 is 1.38 bits per heavy atom. The number of rotatable bonds is 1. The number of oxime groups is 1. The number of nitriles is 1. The van der Waals surface area contributed by atoms with Crippen LogP contribution in [0.4, 0.5) is 8.78 Å². The third-order valence-electron chi connectivity index (χ3n) is 1.39. The smallest absolute Gasteiger partial charge is 0.136 e. The summed E-state index contributed by atoms with van der Waals surface area (Å²) in [4.78, 5) is 0. The molecule has 0 saturated heterocycles. The van der Waals surface area contributed by atoms with Gasteiger partial charge in [-0.25, -0.2) is 8.78 Å². The van der Waals surface area contributed by atoms with Gasteiger partial charge in [0, 0.05) is 0 Å². The molecule has 0 unspecified atom stereocenters. The molecule has 0 saturated carbocycles. The van der Waals surface area contributed by atoms with Gasteiger partial charge in [-0.05, 0) is 12.1 Å². The first-order valence-corrected chi connectivity index (χ1v) is 3.25. The van der Waals surface area contributed by atoms with E-state index in [1.54, 1.807) is 6.07 Å². The maximum atomic E-state index is 12.9. The summed E-state index contributed by atoms with van der Waals surface area (Å²) in [5.74, 6) is -1.87. The van der Waals surface area contributed by atoms with Gasteiger partial charge in [0.2, 0.25) is 0 Å². The average Bonchev–Trinajstić information content (AvgIpc) is 2.11. The molecule has 0 bridgehead atoms. The second-order valence-electron chi connectivity index (χ2n) is 2.21. The first-order chi connectivity index (χ1) is 6.19. The van der Waals surface area contributed by atoms with E-state index < -0.39 is 17.2 Å². The Labute approximate surface area is 72.5 Å². The van der Waals surface area contributed by atoms with E-state index in [0.717, 1.165) is 12.1 Å². The number of benzene rings is 1. The van der Waals surface area contributed by atoms with Crippen molar-refractivity contribution in [2.45, 2.75) is 0 Å². The summed E-state index contributed by atoms with van der Waals surface area (Å²) in [6.07, 6.45) is 0.631. The second kappa shape index (κ2) is 3.63. The van der Waals surface area contributed by atoms with E-state index in [2.05, 4.69) is 5.16 Å². The van der Waals surface area contributed by atoms with E-state index >= 15 is 0 Å². The van der Waals surface area contributed by atoms with Crippen LogP contribution in [0.15, 0.2) is 17.3 Å². The molecule has 13 heavy (non-hydrogen) atoms. The number of halogens is 2. The van der Waals surface area contributed by atoms with Crippen LogP contribution in [0, 0.1) is 23.0 Å². The molecule has 66 valence electrons. The second-order valence-corrected chi connectivity index (χ2v) is 2.21. The minimum absolute atomic E-state index is 0.120. The fourth-order valence-corrected chi connectivity index (χ4v) is 0.830. The van der Waals surface area contributed by atoms with Crippen molar-refractivity contribution < 1.29 is 14.0 Å². The topological polar surface area (TPSA) is 56.4 Å². The molecule has 1 aromatic carbocycles. The summed E-state index contributed by atoms with van der Waals surface area (Å²) in [6, 6.07) is 3.31. The number of nitrogens with zero attached hydrogens (tertiary/aromatic N) is 2. The Hall–Kier alpha value is -1.96. The highest BCUT2D eigenvalue weighted by Gasteiger charge is 2.08. The van der Waals surface area contributed by atoms with Crippen molar-refractivity contribution in [3.8, 4) is 6.07 Å². The van der Waals surface area contributed by atoms with Crippen molar-refractivity contribution in [2.75, 3.05) is 0 Å². The lowest BCUT2D eigenvalue weighted by Crippen LogP contribution is -1.95. The lowest BCUT2D eigenvalue weighted by Gasteiger charge is -1.97. The third kappa shape index (κ3) is 1.79. The summed E-state index contributed by atoms with van der Waals surface area (Å²) >= 11 is 0. The Kier molecular flexibility index (Phi) is 2.55. The number of hydrogen-bond acceptors (Lipinski definition) is 3. The van der Waals surface area contributed by atoms with Crippen LogP contribution in [-0.4, -0.2) is 11.4 Å². The van der Waals surface area contributed by atoms with E-state index in [4.69, 9.17) is 10.5 Å². The zero-order chi connectivity index (χ0) is 9.84. The van der Waals surface area contributed by atoms with Crippen LogP contribution >= 0.6 is 0 Å². The SMILES string of the molecule is N#Cc1cc(F)c(C=NO)c(F)c1. The van der Waals surface area contributed by atoms with Crippen LogP contribution in [-0.2, 0) is 0 Å². The van der Waals surface area contributed by atoms with Gasteiger partial charge in [0.1, 0.15) is 11.6 Å². The molecule has 0 heterocycles. The van der Waals surface area contributed by atoms with Crippen molar-refractivity contribution in [2.24, 2.45) is 5.16 Å². The molecule has 1 N–H and O–H groups in total. The maximum Gasteiger partial charge on any atom is 0.136 e. The fourth-order valence-electron chi connectivity index (χ4n) is 0.830. The predicted molar refractivity (Wildman–Crippen MR) is 40.5 cm³/mol. The summed E-state index contributed by atoms with van der Waals surface area (Å²) in [5.41, 5.74) is -0.591. The van der Waals surface area contributed by atoms with Crippen molar-refractivity contribution in [1.29, 1.82) is 5.26 Å². The van der Waals surface area contributed by atoms with Crippen molar-refractivity contribution in [3.63, 3.8) is 0 Å². The fraction of sp³-hybridized carbons (Fsp3) is 0. The minimum Gasteiger partial charge on any atom is -0.411 e. The minimum atomic E-state index is -0.936. The van der Waals surface area contributed by atoms with Crippen LogP contribution in [0.3, 0.4) is 0 Å². The molecule has 0 radical (unpaired) electrons. The van der Waals surface area contributed by atoms with Gasteiger partial charge >= 0.3 is 0 Å². The van der Waals surface area contributed by atoms with Crippen molar-refractivity contribution in [3.05, 3.63) is 34.9 Å². The van der Waals surface area contributed by atoms with Gasteiger partial charge in [-0.15, -0.1) is 0 Å². The summed E-state index contributed by atoms with van der Waals surface area (Å²) in [7, 11) is 0. The van der Waals surface area contributed by atoms with Crippen LogP contribution in [0.2, 0.25) is 0 Å². The van der Waals surface area contributed by atoms with Gasteiger partial charge < -0.3 is 5.21 Å². The van der Waals surface area contributed by atoms with Gasteiger partial charge in [-0.1, -0.05) is 5.16 Å². The molecule has 0 aromatic heterocycles. The highest BCUT2D eigenvalue weighted by Crippen LogP contribution is 2.12.